The zero-order chi connectivity index (χ0) is 19.3. The van der Waals surface area contributed by atoms with Gasteiger partial charge in [0.15, 0.2) is 5.96 Å². The van der Waals surface area contributed by atoms with Crippen LogP contribution in [0, 0.1) is 5.92 Å². The molecule has 8 heteroatoms. The van der Waals surface area contributed by atoms with Crippen molar-refractivity contribution in [2.24, 2.45) is 10.9 Å². The summed E-state index contributed by atoms with van der Waals surface area (Å²) in [4.78, 5) is 18.0. The Hall–Kier alpha value is -0.870. The maximum atomic E-state index is 11.9. The quantitative estimate of drug-likeness (QED) is 0.304. The van der Waals surface area contributed by atoms with Gasteiger partial charge in [0, 0.05) is 49.6 Å². The minimum absolute atomic E-state index is 0. The van der Waals surface area contributed by atoms with E-state index in [1.165, 1.54) is 5.56 Å². The zero-order valence-electron chi connectivity index (χ0n) is 16.5. The van der Waals surface area contributed by atoms with Crippen LogP contribution in [0.2, 0.25) is 0 Å². The Balaban J connectivity index is 0.00000280. The predicted octanol–water partition coefficient (Wildman–Crippen LogP) is 2.76. The lowest BCUT2D eigenvalue weighted by Gasteiger charge is -2.20. The second kappa shape index (κ2) is 10.8. The van der Waals surface area contributed by atoms with Gasteiger partial charge in [-0.05, 0) is 37.0 Å². The second-order valence-electron chi connectivity index (χ2n) is 7.71. The first-order chi connectivity index (χ1) is 13.0. The van der Waals surface area contributed by atoms with Crippen LogP contribution >= 0.6 is 39.9 Å². The van der Waals surface area contributed by atoms with Crippen LogP contribution in [0.25, 0.3) is 0 Å². The summed E-state index contributed by atoms with van der Waals surface area (Å²) >= 11 is 3.57. The van der Waals surface area contributed by atoms with Gasteiger partial charge < -0.3 is 20.3 Å². The number of hydrogen-bond acceptors (Lipinski definition) is 3. The maximum absolute atomic E-state index is 11.9. The van der Waals surface area contributed by atoms with Crippen LogP contribution in [-0.4, -0.2) is 63.7 Å². The highest BCUT2D eigenvalue weighted by Crippen LogP contribution is 2.48. The second-order valence-corrected chi connectivity index (χ2v) is 8.62. The molecule has 6 nitrogen and oxygen atoms in total. The van der Waals surface area contributed by atoms with Crippen LogP contribution in [0.5, 0.6) is 0 Å². The molecule has 1 aliphatic carbocycles. The van der Waals surface area contributed by atoms with Crippen molar-refractivity contribution in [3.8, 4) is 0 Å². The Morgan fingerprint density at radius 3 is 2.75 bits per heavy atom. The van der Waals surface area contributed by atoms with Crippen molar-refractivity contribution in [1.82, 2.24) is 15.5 Å². The standard InChI is InChI=1S/C20H29BrN4O2.HI/c1-25(2)18(26)12-23-19(22-11-15-6-9-27-13-15)24-14-20(7-8-20)16-4-3-5-17(21)10-16;/h3-5,10,15H,6-9,11-14H2,1-2H3,(H2,22,23,24);1H. The van der Waals surface area contributed by atoms with Crippen LogP contribution in [0.3, 0.4) is 0 Å². The molecule has 28 heavy (non-hydrogen) atoms. The number of hydrogen-bond donors (Lipinski definition) is 2. The van der Waals surface area contributed by atoms with Crippen LogP contribution in [0.15, 0.2) is 33.7 Å². The number of carbonyl (C=O) groups is 1. The highest BCUT2D eigenvalue weighted by Gasteiger charge is 2.44. The van der Waals surface area contributed by atoms with Gasteiger partial charge in [-0.2, -0.15) is 0 Å². The number of amides is 1. The highest BCUT2D eigenvalue weighted by atomic mass is 127. The van der Waals surface area contributed by atoms with Gasteiger partial charge in [0.25, 0.3) is 0 Å². The van der Waals surface area contributed by atoms with E-state index in [4.69, 9.17) is 4.74 Å². The van der Waals surface area contributed by atoms with Gasteiger partial charge in [-0.3, -0.25) is 4.79 Å². The van der Waals surface area contributed by atoms with Gasteiger partial charge in [-0.15, -0.1) is 24.0 Å². The molecule has 1 unspecified atom stereocenters. The molecule has 1 amide bonds. The molecule has 1 heterocycles. The molecule has 1 aromatic rings. The van der Waals surface area contributed by atoms with Crippen molar-refractivity contribution >= 4 is 51.8 Å². The van der Waals surface area contributed by atoms with E-state index in [1.54, 1.807) is 19.0 Å². The Labute approximate surface area is 193 Å². The molecular weight excluding hydrogens is 535 g/mol. The lowest BCUT2D eigenvalue weighted by Crippen LogP contribution is -2.43. The van der Waals surface area contributed by atoms with Crippen molar-refractivity contribution in [1.29, 1.82) is 0 Å². The van der Waals surface area contributed by atoms with Crippen molar-refractivity contribution in [3.63, 3.8) is 0 Å². The van der Waals surface area contributed by atoms with Gasteiger partial charge in [0.05, 0.1) is 6.61 Å². The molecule has 0 bridgehead atoms. The van der Waals surface area contributed by atoms with Crippen molar-refractivity contribution < 1.29 is 9.53 Å². The first kappa shape index (κ1) is 23.4. The van der Waals surface area contributed by atoms with E-state index >= 15 is 0 Å². The van der Waals surface area contributed by atoms with Gasteiger partial charge in [-0.25, -0.2) is 4.99 Å². The van der Waals surface area contributed by atoms with E-state index in [9.17, 15) is 4.79 Å². The van der Waals surface area contributed by atoms with Gasteiger partial charge >= 0.3 is 0 Å². The minimum Gasteiger partial charge on any atom is -0.381 e. The molecule has 1 saturated heterocycles. The molecule has 0 radical (unpaired) electrons. The third kappa shape index (κ3) is 6.59. The lowest BCUT2D eigenvalue weighted by atomic mass is 9.96. The largest absolute Gasteiger partial charge is 0.381 e. The average molecular weight is 565 g/mol. The number of benzene rings is 1. The summed E-state index contributed by atoms with van der Waals surface area (Å²) in [5.41, 5.74) is 1.51. The molecule has 1 atom stereocenters. The Kier molecular flexibility index (Phi) is 9.01. The molecule has 0 spiro atoms. The Bertz CT molecular complexity index is 689. The Morgan fingerprint density at radius 2 is 2.14 bits per heavy atom. The number of nitrogens with zero attached hydrogens (tertiary/aromatic N) is 2. The summed E-state index contributed by atoms with van der Waals surface area (Å²) < 4.78 is 6.55. The van der Waals surface area contributed by atoms with E-state index < -0.39 is 0 Å². The first-order valence-corrected chi connectivity index (χ1v) is 10.3. The van der Waals surface area contributed by atoms with E-state index in [-0.39, 0.29) is 41.8 Å². The SMILES string of the molecule is CN(C)C(=O)CN=C(NCC1CCOC1)NCC1(c2cccc(Br)c2)CC1.I. The molecule has 1 aromatic carbocycles. The Morgan fingerprint density at radius 1 is 1.36 bits per heavy atom. The van der Waals surface area contributed by atoms with Gasteiger partial charge in [0.1, 0.15) is 6.54 Å². The van der Waals surface area contributed by atoms with E-state index in [1.807, 2.05) is 0 Å². The molecule has 2 aliphatic rings. The minimum atomic E-state index is -0.00609. The van der Waals surface area contributed by atoms with Crippen molar-refractivity contribution in [3.05, 3.63) is 34.3 Å². The topological polar surface area (TPSA) is 66.0 Å². The first-order valence-electron chi connectivity index (χ1n) is 9.55. The summed E-state index contributed by atoms with van der Waals surface area (Å²) in [6, 6.07) is 8.53. The van der Waals surface area contributed by atoms with E-state index in [2.05, 4.69) is 55.8 Å². The molecule has 0 aromatic heterocycles. The van der Waals surface area contributed by atoms with E-state index in [0.29, 0.717) is 11.9 Å². The highest BCUT2D eigenvalue weighted by molar-refractivity contribution is 14.0. The number of ether oxygens (including phenoxy) is 1. The van der Waals surface area contributed by atoms with Crippen molar-refractivity contribution in [2.75, 3.05) is 46.9 Å². The smallest absolute Gasteiger partial charge is 0.243 e. The lowest BCUT2D eigenvalue weighted by molar-refractivity contribution is -0.127. The van der Waals surface area contributed by atoms with Gasteiger partial charge in [0.2, 0.25) is 5.91 Å². The van der Waals surface area contributed by atoms with Crippen LogP contribution < -0.4 is 10.6 Å². The normalized spacial score (nSPS) is 20.2. The number of rotatable bonds is 7. The van der Waals surface area contributed by atoms with Crippen molar-refractivity contribution in [2.45, 2.75) is 24.7 Å². The number of halogens is 2. The summed E-state index contributed by atoms with van der Waals surface area (Å²) in [5.74, 6) is 1.20. The molecule has 1 aliphatic heterocycles. The summed E-state index contributed by atoms with van der Waals surface area (Å²) in [5, 5.41) is 6.87. The van der Waals surface area contributed by atoms with Crippen LogP contribution in [0.4, 0.5) is 0 Å². The summed E-state index contributed by atoms with van der Waals surface area (Å²) in [6.07, 6.45) is 3.40. The third-order valence-corrected chi connectivity index (χ3v) is 5.83. The van der Waals surface area contributed by atoms with Crippen LogP contribution in [-0.2, 0) is 14.9 Å². The fraction of sp³-hybridized carbons (Fsp3) is 0.600. The molecule has 2 fully saturated rings. The summed E-state index contributed by atoms with van der Waals surface area (Å²) in [7, 11) is 3.50. The monoisotopic (exact) mass is 564 g/mol. The number of nitrogens with one attached hydrogen (secondary N) is 2. The van der Waals surface area contributed by atoms with Gasteiger partial charge in [-0.1, -0.05) is 28.1 Å². The number of guanidine groups is 1. The van der Waals surface area contributed by atoms with E-state index in [0.717, 1.165) is 50.0 Å². The molecule has 156 valence electrons. The maximum Gasteiger partial charge on any atom is 0.243 e. The molecule has 2 N–H and O–H groups in total. The number of aliphatic imine (C=N–C) groups is 1. The molecular formula is C20H30BrIN4O2. The number of likely N-dealkylation sites (N-methyl/N-ethyl adjacent to an activating group) is 1. The fourth-order valence-corrected chi connectivity index (χ4v) is 3.64. The van der Waals surface area contributed by atoms with Crippen LogP contribution in [0.1, 0.15) is 24.8 Å². The zero-order valence-corrected chi connectivity index (χ0v) is 20.5. The molecule has 1 saturated carbocycles. The predicted molar refractivity (Wildman–Crippen MR) is 126 cm³/mol. The number of carbonyl (C=O) groups excluding carboxylic acids is 1. The molecule has 3 rings (SSSR count). The fourth-order valence-electron chi connectivity index (χ4n) is 3.24. The summed E-state index contributed by atoms with van der Waals surface area (Å²) in [6.45, 7) is 3.39. The average Bonchev–Trinajstić information content (AvgIpc) is 3.26. The third-order valence-electron chi connectivity index (χ3n) is 5.34.